The smallest absolute Gasteiger partial charge is 0.131 e. The number of nitrogens with zero attached hydrogens (tertiary/aromatic N) is 2. The Morgan fingerprint density at radius 3 is 2.59 bits per heavy atom. The van der Waals surface area contributed by atoms with Crippen LogP contribution in [0.2, 0.25) is 5.15 Å². The van der Waals surface area contributed by atoms with Crippen molar-refractivity contribution in [3.8, 4) is 11.3 Å². The van der Waals surface area contributed by atoms with Crippen molar-refractivity contribution in [2.45, 2.75) is 26.8 Å². The maximum Gasteiger partial charge on any atom is 0.131 e. The predicted molar refractivity (Wildman–Crippen MR) is 90.8 cm³/mol. The molecule has 0 atom stereocenters. The Balaban J connectivity index is 2.14. The van der Waals surface area contributed by atoms with Crippen molar-refractivity contribution in [3.05, 3.63) is 41.0 Å². The van der Waals surface area contributed by atoms with Gasteiger partial charge in [0.05, 0.1) is 5.69 Å². The van der Waals surface area contributed by atoms with Gasteiger partial charge in [0.2, 0.25) is 0 Å². The summed E-state index contributed by atoms with van der Waals surface area (Å²) in [5.41, 5.74) is 3.04. The van der Waals surface area contributed by atoms with Crippen LogP contribution >= 0.6 is 11.6 Å². The van der Waals surface area contributed by atoms with E-state index >= 15 is 0 Å². The zero-order valence-corrected chi connectivity index (χ0v) is 14.2. The average Bonchev–Trinajstić information content (AvgIpc) is 2.76. The standard InChI is InChI=1S/C17H24ClN3O/c1-17(2,9-10-22)12-19-11-14-15(20-21(3)16(14)18)13-7-5-4-6-8-13/h4-8,19,22H,9-12H2,1-3H3. The molecule has 0 saturated heterocycles. The monoisotopic (exact) mass is 321 g/mol. The van der Waals surface area contributed by atoms with Crippen LogP contribution in [0.3, 0.4) is 0 Å². The van der Waals surface area contributed by atoms with Crippen LogP contribution in [0.15, 0.2) is 30.3 Å². The first-order valence-electron chi connectivity index (χ1n) is 7.53. The minimum absolute atomic E-state index is 0.0519. The lowest BCUT2D eigenvalue weighted by Crippen LogP contribution is -2.30. The maximum atomic E-state index is 9.10. The Labute approximate surface area is 137 Å². The van der Waals surface area contributed by atoms with Crippen LogP contribution in [0.5, 0.6) is 0 Å². The van der Waals surface area contributed by atoms with Gasteiger partial charge in [-0.25, -0.2) is 0 Å². The van der Waals surface area contributed by atoms with Gasteiger partial charge >= 0.3 is 0 Å². The molecule has 0 saturated carbocycles. The number of aryl methyl sites for hydroxylation is 1. The van der Waals surface area contributed by atoms with E-state index in [4.69, 9.17) is 16.7 Å². The molecular weight excluding hydrogens is 298 g/mol. The molecule has 0 radical (unpaired) electrons. The Morgan fingerprint density at radius 1 is 1.27 bits per heavy atom. The third-order valence-corrected chi connectivity index (χ3v) is 4.28. The molecule has 0 aliphatic rings. The van der Waals surface area contributed by atoms with E-state index in [-0.39, 0.29) is 12.0 Å². The van der Waals surface area contributed by atoms with E-state index in [1.54, 1.807) is 4.68 Å². The lowest BCUT2D eigenvalue weighted by Gasteiger charge is -2.24. The molecule has 0 unspecified atom stereocenters. The van der Waals surface area contributed by atoms with Gasteiger partial charge in [0.25, 0.3) is 0 Å². The maximum absolute atomic E-state index is 9.10. The lowest BCUT2D eigenvalue weighted by atomic mass is 9.90. The Morgan fingerprint density at radius 2 is 1.95 bits per heavy atom. The summed E-state index contributed by atoms with van der Waals surface area (Å²) in [5, 5.41) is 17.7. The highest BCUT2D eigenvalue weighted by Gasteiger charge is 2.19. The fourth-order valence-corrected chi connectivity index (χ4v) is 2.64. The van der Waals surface area contributed by atoms with Crippen molar-refractivity contribution >= 4 is 11.6 Å². The highest BCUT2D eigenvalue weighted by molar-refractivity contribution is 6.30. The van der Waals surface area contributed by atoms with Gasteiger partial charge in [0.1, 0.15) is 5.15 Å². The number of aromatic nitrogens is 2. The first-order valence-corrected chi connectivity index (χ1v) is 7.91. The molecule has 0 fully saturated rings. The third-order valence-electron chi connectivity index (χ3n) is 3.81. The second-order valence-corrected chi connectivity index (χ2v) is 6.71. The summed E-state index contributed by atoms with van der Waals surface area (Å²) in [4.78, 5) is 0. The lowest BCUT2D eigenvalue weighted by molar-refractivity contribution is 0.207. The number of aliphatic hydroxyl groups is 1. The van der Waals surface area contributed by atoms with Crippen molar-refractivity contribution in [2.75, 3.05) is 13.2 Å². The quantitative estimate of drug-likeness (QED) is 0.823. The number of hydrogen-bond donors (Lipinski definition) is 2. The van der Waals surface area contributed by atoms with Crippen molar-refractivity contribution in [2.24, 2.45) is 12.5 Å². The van der Waals surface area contributed by atoms with Crippen LogP contribution in [0.4, 0.5) is 0 Å². The molecule has 1 heterocycles. The summed E-state index contributed by atoms with van der Waals surface area (Å²) in [5.74, 6) is 0. The molecule has 0 bridgehead atoms. The summed E-state index contributed by atoms with van der Waals surface area (Å²) in [7, 11) is 1.86. The van der Waals surface area contributed by atoms with E-state index in [0.717, 1.165) is 29.8 Å². The second kappa shape index (κ2) is 7.27. The van der Waals surface area contributed by atoms with Crippen molar-refractivity contribution in [3.63, 3.8) is 0 Å². The number of hydrogen-bond acceptors (Lipinski definition) is 3. The van der Waals surface area contributed by atoms with Gasteiger partial charge in [-0.2, -0.15) is 5.10 Å². The highest BCUT2D eigenvalue weighted by atomic mass is 35.5. The zero-order valence-electron chi connectivity index (χ0n) is 13.4. The normalized spacial score (nSPS) is 11.9. The molecule has 5 heteroatoms. The molecule has 0 aliphatic heterocycles. The molecule has 2 rings (SSSR count). The van der Waals surface area contributed by atoms with Crippen LogP contribution in [-0.2, 0) is 13.6 Å². The van der Waals surface area contributed by atoms with E-state index in [0.29, 0.717) is 11.7 Å². The van der Waals surface area contributed by atoms with E-state index in [9.17, 15) is 0 Å². The van der Waals surface area contributed by atoms with Gasteiger partial charge in [-0.05, 0) is 11.8 Å². The third kappa shape index (κ3) is 4.09. The van der Waals surface area contributed by atoms with Gasteiger partial charge in [0, 0.05) is 37.9 Å². The minimum atomic E-state index is 0.0519. The summed E-state index contributed by atoms with van der Waals surface area (Å²) in [6.07, 6.45) is 0.770. The number of rotatable bonds is 7. The topological polar surface area (TPSA) is 50.1 Å². The van der Waals surface area contributed by atoms with Crippen molar-refractivity contribution < 1.29 is 5.11 Å². The van der Waals surface area contributed by atoms with Crippen LogP contribution in [0.1, 0.15) is 25.8 Å². The first kappa shape index (κ1) is 17.0. The second-order valence-electron chi connectivity index (χ2n) is 6.35. The van der Waals surface area contributed by atoms with E-state index in [1.165, 1.54) is 0 Å². The molecule has 1 aromatic heterocycles. The highest BCUT2D eigenvalue weighted by Crippen LogP contribution is 2.28. The van der Waals surface area contributed by atoms with E-state index < -0.39 is 0 Å². The molecule has 2 aromatic rings. The van der Waals surface area contributed by atoms with Crippen LogP contribution < -0.4 is 5.32 Å². The molecule has 0 spiro atoms. The number of aliphatic hydroxyl groups excluding tert-OH is 1. The first-order chi connectivity index (χ1) is 10.4. The van der Waals surface area contributed by atoms with Gasteiger partial charge in [-0.3, -0.25) is 4.68 Å². The molecule has 120 valence electrons. The molecular formula is C17H24ClN3O. The Kier molecular flexibility index (Phi) is 5.62. The fraction of sp³-hybridized carbons (Fsp3) is 0.471. The largest absolute Gasteiger partial charge is 0.396 e. The molecule has 1 aromatic carbocycles. The van der Waals surface area contributed by atoms with Gasteiger partial charge in [-0.15, -0.1) is 0 Å². The molecule has 2 N–H and O–H groups in total. The van der Waals surface area contributed by atoms with E-state index in [1.807, 2.05) is 37.4 Å². The van der Waals surface area contributed by atoms with Gasteiger partial charge < -0.3 is 10.4 Å². The number of nitrogens with one attached hydrogen (secondary N) is 1. The van der Waals surface area contributed by atoms with Gasteiger partial charge in [-0.1, -0.05) is 55.8 Å². The molecule has 4 nitrogen and oxygen atoms in total. The summed E-state index contributed by atoms with van der Waals surface area (Å²) >= 11 is 6.40. The minimum Gasteiger partial charge on any atom is -0.396 e. The SMILES string of the molecule is Cn1nc(-c2ccccc2)c(CNCC(C)(C)CCO)c1Cl. The summed E-state index contributed by atoms with van der Waals surface area (Å²) < 4.78 is 1.71. The van der Waals surface area contributed by atoms with Crippen LogP contribution in [-0.4, -0.2) is 28.0 Å². The number of halogens is 1. The molecule has 22 heavy (non-hydrogen) atoms. The zero-order chi connectivity index (χ0) is 16.2. The van der Waals surface area contributed by atoms with Gasteiger partial charge in [0.15, 0.2) is 0 Å². The van der Waals surface area contributed by atoms with Crippen molar-refractivity contribution in [1.82, 2.24) is 15.1 Å². The average molecular weight is 322 g/mol. The van der Waals surface area contributed by atoms with Crippen LogP contribution in [0.25, 0.3) is 11.3 Å². The van der Waals surface area contributed by atoms with E-state index in [2.05, 4.69) is 24.3 Å². The van der Waals surface area contributed by atoms with Crippen LogP contribution in [0, 0.1) is 5.41 Å². The Hall–Kier alpha value is -1.36. The predicted octanol–water partition coefficient (Wildman–Crippen LogP) is 3.24. The Bertz CT molecular complexity index is 608. The number of benzene rings is 1. The van der Waals surface area contributed by atoms with Crippen molar-refractivity contribution in [1.29, 1.82) is 0 Å². The summed E-state index contributed by atoms with van der Waals surface area (Å²) in [6, 6.07) is 10.1. The fourth-order valence-electron chi connectivity index (χ4n) is 2.45. The summed E-state index contributed by atoms with van der Waals surface area (Å²) in [6.45, 7) is 5.95. The molecule has 0 aliphatic carbocycles. The molecule has 0 amide bonds.